The first-order valence-electron chi connectivity index (χ1n) is 5.25. The number of esters is 1. The van der Waals surface area contributed by atoms with Gasteiger partial charge in [0.2, 0.25) is 0 Å². The van der Waals surface area contributed by atoms with Gasteiger partial charge in [0.25, 0.3) is 0 Å². The average molecular weight is 199 g/mol. The molecular formula is C10H17NO3. The molecule has 0 aromatic rings. The zero-order valence-corrected chi connectivity index (χ0v) is 8.54. The van der Waals surface area contributed by atoms with Crippen molar-refractivity contribution in [2.75, 3.05) is 26.3 Å². The molecule has 0 aromatic carbocycles. The molecule has 2 aliphatic rings. The molecule has 0 bridgehead atoms. The van der Waals surface area contributed by atoms with Gasteiger partial charge in [0, 0.05) is 18.5 Å². The van der Waals surface area contributed by atoms with Gasteiger partial charge in [0.15, 0.2) is 6.10 Å². The maximum absolute atomic E-state index is 11.4. The molecule has 0 amide bonds. The van der Waals surface area contributed by atoms with Crippen molar-refractivity contribution >= 4 is 5.97 Å². The van der Waals surface area contributed by atoms with E-state index < -0.39 is 0 Å². The number of hydrogen-bond donors (Lipinski definition) is 1. The summed E-state index contributed by atoms with van der Waals surface area (Å²) >= 11 is 0. The van der Waals surface area contributed by atoms with Crippen LogP contribution in [0.3, 0.4) is 0 Å². The highest BCUT2D eigenvalue weighted by atomic mass is 16.6. The molecule has 2 rings (SSSR count). The first-order valence-corrected chi connectivity index (χ1v) is 5.25. The minimum Gasteiger partial charge on any atom is -0.464 e. The fraction of sp³-hybridized carbons (Fsp3) is 0.900. The molecule has 1 atom stereocenters. The standard InChI is InChI=1S/C10H17NO3/c1-2-13-9(12)8-3-4-10(7-14-8)5-11-6-10/h8,11H,2-7H2,1H3. The van der Waals surface area contributed by atoms with E-state index in [2.05, 4.69) is 5.32 Å². The molecule has 1 N–H and O–H groups in total. The highest BCUT2D eigenvalue weighted by molar-refractivity contribution is 5.74. The van der Waals surface area contributed by atoms with Crippen LogP contribution in [-0.4, -0.2) is 38.4 Å². The van der Waals surface area contributed by atoms with Crippen molar-refractivity contribution in [1.82, 2.24) is 5.32 Å². The number of nitrogens with one attached hydrogen (secondary N) is 1. The minimum atomic E-state index is -0.318. The molecule has 4 heteroatoms. The maximum Gasteiger partial charge on any atom is 0.335 e. The lowest BCUT2D eigenvalue weighted by molar-refractivity contribution is -0.167. The second-order valence-corrected chi connectivity index (χ2v) is 4.19. The van der Waals surface area contributed by atoms with E-state index in [-0.39, 0.29) is 12.1 Å². The predicted octanol–water partition coefficient (Wildman–Crippen LogP) is 0.318. The normalized spacial score (nSPS) is 29.6. The quantitative estimate of drug-likeness (QED) is 0.651. The summed E-state index contributed by atoms with van der Waals surface area (Å²) in [6, 6.07) is 0. The highest BCUT2D eigenvalue weighted by Crippen LogP contribution is 2.34. The zero-order valence-electron chi connectivity index (χ0n) is 8.54. The van der Waals surface area contributed by atoms with Crippen molar-refractivity contribution in [2.45, 2.75) is 25.9 Å². The fourth-order valence-electron chi connectivity index (χ4n) is 2.05. The van der Waals surface area contributed by atoms with Crippen molar-refractivity contribution in [3.63, 3.8) is 0 Å². The van der Waals surface area contributed by atoms with Crippen molar-refractivity contribution in [1.29, 1.82) is 0 Å². The van der Waals surface area contributed by atoms with Gasteiger partial charge in [-0.3, -0.25) is 0 Å². The lowest BCUT2D eigenvalue weighted by atomic mass is 9.76. The van der Waals surface area contributed by atoms with Crippen LogP contribution in [0.4, 0.5) is 0 Å². The van der Waals surface area contributed by atoms with E-state index in [1.165, 1.54) is 0 Å². The van der Waals surface area contributed by atoms with Crippen molar-refractivity contribution < 1.29 is 14.3 Å². The summed E-state index contributed by atoms with van der Waals surface area (Å²) in [5, 5.41) is 3.24. The molecule has 2 aliphatic heterocycles. The van der Waals surface area contributed by atoms with E-state index in [1.54, 1.807) is 0 Å². The van der Waals surface area contributed by atoms with Gasteiger partial charge >= 0.3 is 5.97 Å². The van der Waals surface area contributed by atoms with Crippen LogP contribution in [0.2, 0.25) is 0 Å². The van der Waals surface area contributed by atoms with E-state index >= 15 is 0 Å². The van der Waals surface area contributed by atoms with Crippen molar-refractivity contribution in [3.8, 4) is 0 Å². The van der Waals surface area contributed by atoms with Gasteiger partial charge in [0.1, 0.15) is 0 Å². The van der Waals surface area contributed by atoms with E-state index in [0.29, 0.717) is 18.6 Å². The van der Waals surface area contributed by atoms with Crippen molar-refractivity contribution in [2.24, 2.45) is 5.41 Å². The van der Waals surface area contributed by atoms with E-state index in [4.69, 9.17) is 9.47 Å². The molecule has 0 aliphatic carbocycles. The largest absolute Gasteiger partial charge is 0.464 e. The summed E-state index contributed by atoms with van der Waals surface area (Å²) in [6.07, 6.45) is 1.56. The van der Waals surface area contributed by atoms with E-state index in [1.807, 2.05) is 6.92 Å². The monoisotopic (exact) mass is 199 g/mol. The minimum absolute atomic E-state index is 0.199. The maximum atomic E-state index is 11.4. The smallest absolute Gasteiger partial charge is 0.335 e. The zero-order chi connectivity index (χ0) is 10.0. The summed E-state index contributed by atoms with van der Waals surface area (Å²) in [6.45, 7) is 5.01. The second-order valence-electron chi connectivity index (χ2n) is 4.19. The highest BCUT2D eigenvalue weighted by Gasteiger charge is 2.42. The van der Waals surface area contributed by atoms with Crippen LogP contribution >= 0.6 is 0 Å². The van der Waals surface area contributed by atoms with Gasteiger partial charge in [-0.25, -0.2) is 4.79 Å². The molecule has 2 heterocycles. The van der Waals surface area contributed by atoms with Gasteiger partial charge in [-0.2, -0.15) is 0 Å². The summed E-state index contributed by atoms with van der Waals surface area (Å²) in [5.74, 6) is -0.199. The van der Waals surface area contributed by atoms with E-state index in [0.717, 1.165) is 25.9 Å². The van der Waals surface area contributed by atoms with Crippen LogP contribution in [0.15, 0.2) is 0 Å². The van der Waals surface area contributed by atoms with Gasteiger partial charge in [-0.15, -0.1) is 0 Å². The molecule has 0 saturated carbocycles. The second kappa shape index (κ2) is 3.87. The van der Waals surface area contributed by atoms with Gasteiger partial charge in [0.05, 0.1) is 13.2 Å². The lowest BCUT2D eigenvalue weighted by Crippen LogP contribution is -2.59. The van der Waals surface area contributed by atoms with Crippen LogP contribution < -0.4 is 5.32 Å². The van der Waals surface area contributed by atoms with Crippen LogP contribution in [-0.2, 0) is 14.3 Å². The number of carbonyl (C=O) groups is 1. The molecule has 4 nitrogen and oxygen atoms in total. The lowest BCUT2D eigenvalue weighted by Gasteiger charge is -2.46. The number of ether oxygens (including phenoxy) is 2. The Bertz CT molecular complexity index is 215. The number of hydrogen-bond acceptors (Lipinski definition) is 4. The van der Waals surface area contributed by atoms with Crippen molar-refractivity contribution in [3.05, 3.63) is 0 Å². The van der Waals surface area contributed by atoms with Gasteiger partial charge in [-0.05, 0) is 19.8 Å². The average Bonchev–Trinajstić information content (AvgIpc) is 2.16. The Morgan fingerprint density at radius 2 is 2.43 bits per heavy atom. The number of rotatable bonds is 2. The summed E-state index contributed by atoms with van der Waals surface area (Å²) in [4.78, 5) is 11.4. The van der Waals surface area contributed by atoms with Crippen LogP contribution in [0.5, 0.6) is 0 Å². The number of carbonyl (C=O) groups excluding carboxylic acids is 1. The van der Waals surface area contributed by atoms with Gasteiger partial charge in [-0.1, -0.05) is 0 Å². The molecule has 0 aromatic heterocycles. The molecule has 0 radical (unpaired) electrons. The molecule has 1 unspecified atom stereocenters. The third-order valence-electron chi connectivity index (χ3n) is 3.08. The Morgan fingerprint density at radius 1 is 1.64 bits per heavy atom. The Kier molecular flexibility index (Phi) is 2.74. The van der Waals surface area contributed by atoms with Crippen LogP contribution in [0.1, 0.15) is 19.8 Å². The predicted molar refractivity (Wildman–Crippen MR) is 50.9 cm³/mol. The fourth-order valence-corrected chi connectivity index (χ4v) is 2.05. The first-order chi connectivity index (χ1) is 6.76. The molecule has 14 heavy (non-hydrogen) atoms. The third-order valence-corrected chi connectivity index (χ3v) is 3.08. The van der Waals surface area contributed by atoms with Gasteiger partial charge < -0.3 is 14.8 Å². The summed E-state index contributed by atoms with van der Waals surface area (Å²) in [5.41, 5.74) is 0.322. The first kappa shape index (κ1) is 9.93. The van der Waals surface area contributed by atoms with E-state index in [9.17, 15) is 4.79 Å². The topological polar surface area (TPSA) is 47.6 Å². The Labute approximate surface area is 84.0 Å². The third kappa shape index (κ3) is 1.77. The molecule has 1 spiro atoms. The molecule has 2 fully saturated rings. The molecule has 2 saturated heterocycles. The van der Waals surface area contributed by atoms with Crippen LogP contribution in [0, 0.1) is 5.41 Å². The molecule has 80 valence electrons. The Hall–Kier alpha value is -0.610. The SMILES string of the molecule is CCOC(=O)C1CCC2(CNC2)CO1. The Morgan fingerprint density at radius 3 is 2.86 bits per heavy atom. The van der Waals surface area contributed by atoms with Crippen LogP contribution in [0.25, 0.3) is 0 Å². The summed E-state index contributed by atoms with van der Waals surface area (Å²) < 4.78 is 10.5. The Balaban J connectivity index is 1.80. The summed E-state index contributed by atoms with van der Waals surface area (Å²) in [7, 11) is 0. The molecular weight excluding hydrogens is 182 g/mol.